The highest BCUT2D eigenvalue weighted by molar-refractivity contribution is 5.69. The van der Waals surface area contributed by atoms with Crippen molar-refractivity contribution in [3.05, 3.63) is 58.3 Å². The van der Waals surface area contributed by atoms with E-state index in [0.29, 0.717) is 11.4 Å². The number of aromatic nitrogens is 2. The SMILES string of the molecule is CCc1ccc(C2=CCN(c3nnc(C)c(C)c3C#N)CC2)cc1. The Kier molecular flexibility index (Phi) is 4.61. The highest BCUT2D eigenvalue weighted by Gasteiger charge is 2.20. The van der Waals surface area contributed by atoms with Gasteiger partial charge in [0.2, 0.25) is 0 Å². The Bertz CT molecular complexity index is 813. The van der Waals surface area contributed by atoms with E-state index in [1.165, 1.54) is 16.7 Å². The molecule has 0 spiro atoms. The summed E-state index contributed by atoms with van der Waals surface area (Å²) in [5.41, 5.74) is 6.40. The second-order valence-corrected chi connectivity index (χ2v) is 6.20. The third kappa shape index (κ3) is 3.03. The minimum absolute atomic E-state index is 0.645. The third-order valence-electron chi connectivity index (χ3n) is 4.79. The molecule has 0 unspecified atom stereocenters. The van der Waals surface area contributed by atoms with E-state index in [-0.39, 0.29) is 0 Å². The summed E-state index contributed by atoms with van der Waals surface area (Å²) < 4.78 is 0. The molecule has 2 heterocycles. The van der Waals surface area contributed by atoms with Gasteiger partial charge in [-0.25, -0.2) is 0 Å². The topological polar surface area (TPSA) is 52.8 Å². The lowest BCUT2D eigenvalue weighted by molar-refractivity contribution is 0.790. The van der Waals surface area contributed by atoms with Crippen LogP contribution >= 0.6 is 0 Å². The number of hydrogen-bond donors (Lipinski definition) is 0. The molecule has 1 aliphatic rings. The van der Waals surface area contributed by atoms with Crippen LogP contribution in [0.5, 0.6) is 0 Å². The van der Waals surface area contributed by atoms with Crippen LogP contribution in [-0.2, 0) is 6.42 Å². The van der Waals surface area contributed by atoms with Crippen LogP contribution in [-0.4, -0.2) is 23.3 Å². The van der Waals surface area contributed by atoms with Crippen LogP contribution in [0, 0.1) is 25.2 Å². The first-order valence-electron chi connectivity index (χ1n) is 8.41. The van der Waals surface area contributed by atoms with Crippen LogP contribution in [0.1, 0.15) is 41.3 Å². The minimum Gasteiger partial charge on any atom is -0.350 e. The molecule has 4 nitrogen and oxygen atoms in total. The van der Waals surface area contributed by atoms with Crippen LogP contribution < -0.4 is 4.90 Å². The molecule has 1 aliphatic heterocycles. The van der Waals surface area contributed by atoms with E-state index in [1.54, 1.807) is 0 Å². The molecule has 0 amide bonds. The molecule has 24 heavy (non-hydrogen) atoms. The standard InChI is InChI=1S/C20H22N4/c1-4-16-5-7-17(8-6-16)18-9-11-24(12-10-18)20-19(13-21)14(2)15(3)22-23-20/h5-9H,4,10-12H2,1-3H3. The van der Waals surface area contributed by atoms with Gasteiger partial charge in [0, 0.05) is 13.1 Å². The molecule has 0 saturated carbocycles. The number of nitriles is 1. The summed E-state index contributed by atoms with van der Waals surface area (Å²) in [6.07, 6.45) is 4.25. The molecule has 1 aromatic heterocycles. The zero-order valence-electron chi connectivity index (χ0n) is 14.5. The van der Waals surface area contributed by atoms with Crippen LogP contribution in [0.2, 0.25) is 0 Å². The predicted octanol–water partition coefficient (Wildman–Crippen LogP) is 3.82. The molecule has 0 radical (unpaired) electrons. The van der Waals surface area contributed by atoms with Gasteiger partial charge in [0.05, 0.1) is 5.69 Å². The van der Waals surface area contributed by atoms with Gasteiger partial charge in [-0.15, -0.1) is 5.10 Å². The molecular formula is C20H22N4. The maximum atomic E-state index is 9.47. The van der Waals surface area contributed by atoms with Crippen molar-refractivity contribution in [3.8, 4) is 6.07 Å². The molecule has 0 aliphatic carbocycles. The van der Waals surface area contributed by atoms with Gasteiger partial charge < -0.3 is 4.90 Å². The lowest BCUT2D eigenvalue weighted by atomic mass is 9.97. The maximum absolute atomic E-state index is 9.47. The van der Waals surface area contributed by atoms with Crippen molar-refractivity contribution in [2.75, 3.05) is 18.0 Å². The fraction of sp³-hybridized carbons (Fsp3) is 0.350. The van der Waals surface area contributed by atoms with Gasteiger partial charge in [-0.3, -0.25) is 0 Å². The van der Waals surface area contributed by atoms with Crippen molar-refractivity contribution in [3.63, 3.8) is 0 Å². The third-order valence-corrected chi connectivity index (χ3v) is 4.79. The molecule has 3 rings (SSSR count). The summed E-state index contributed by atoms with van der Waals surface area (Å²) in [5.74, 6) is 0.706. The fourth-order valence-corrected chi connectivity index (χ4v) is 3.03. The second kappa shape index (κ2) is 6.84. The second-order valence-electron chi connectivity index (χ2n) is 6.20. The Hall–Kier alpha value is -2.67. The smallest absolute Gasteiger partial charge is 0.169 e. The first kappa shape index (κ1) is 16.2. The number of nitrogens with zero attached hydrogens (tertiary/aromatic N) is 4. The number of benzene rings is 1. The summed E-state index contributed by atoms with van der Waals surface area (Å²) in [6, 6.07) is 11.1. The van der Waals surface area contributed by atoms with Crippen molar-refractivity contribution in [2.24, 2.45) is 0 Å². The summed E-state index contributed by atoms with van der Waals surface area (Å²) in [6.45, 7) is 7.61. The van der Waals surface area contributed by atoms with Crippen molar-refractivity contribution >= 4 is 11.4 Å². The maximum Gasteiger partial charge on any atom is 0.169 e. The first-order chi connectivity index (χ1) is 11.6. The van der Waals surface area contributed by atoms with Gasteiger partial charge in [-0.05, 0) is 49.0 Å². The van der Waals surface area contributed by atoms with Crippen molar-refractivity contribution < 1.29 is 0 Å². The number of rotatable bonds is 3. The lowest BCUT2D eigenvalue weighted by Crippen LogP contribution is -2.30. The normalized spacial score (nSPS) is 14.2. The number of hydrogen-bond acceptors (Lipinski definition) is 4. The van der Waals surface area contributed by atoms with Gasteiger partial charge in [0.25, 0.3) is 0 Å². The molecular weight excluding hydrogens is 296 g/mol. The van der Waals surface area contributed by atoms with Crippen molar-refractivity contribution in [1.82, 2.24) is 10.2 Å². The molecule has 0 fully saturated rings. The van der Waals surface area contributed by atoms with E-state index in [4.69, 9.17) is 0 Å². The van der Waals surface area contributed by atoms with E-state index >= 15 is 0 Å². The lowest BCUT2D eigenvalue weighted by Gasteiger charge is -2.28. The summed E-state index contributed by atoms with van der Waals surface area (Å²) in [4.78, 5) is 2.14. The zero-order chi connectivity index (χ0) is 17.1. The van der Waals surface area contributed by atoms with Crippen LogP contribution in [0.4, 0.5) is 5.82 Å². The van der Waals surface area contributed by atoms with Crippen molar-refractivity contribution in [1.29, 1.82) is 5.26 Å². The molecule has 1 aromatic carbocycles. The summed E-state index contributed by atoms with van der Waals surface area (Å²) in [7, 11) is 0. The van der Waals surface area contributed by atoms with Gasteiger partial charge in [0.15, 0.2) is 5.82 Å². The average Bonchev–Trinajstić information content (AvgIpc) is 2.64. The fourth-order valence-electron chi connectivity index (χ4n) is 3.03. The molecule has 0 bridgehead atoms. The minimum atomic E-state index is 0.645. The zero-order valence-corrected chi connectivity index (χ0v) is 14.5. The quantitative estimate of drug-likeness (QED) is 0.863. The summed E-state index contributed by atoms with van der Waals surface area (Å²) in [5, 5.41) is 17.9. The Labute approximate surface area is 143 Å². The van der Waals surface area contributed by atoms with Gasteiger partial charge in [-0.2, -0.15) is 10.4 Å². The van der Waals surface area contributed by atoms with Gasteiger partial charge in [0.1, 0.15) is 11.6 Å². The van der Waals surface area contributed by atoms with Crippen LogP contribution in [0.15, 0.2) is 30.3 Å². The molecule has 2 aromatic rings. The average molecular weight is 318 g/mol. The Morgan fingerprint density at radius 3 is 2.50 bits per heavy atom. The monoisotopic (exact) mass is 318 g/mol. The Morgan fingerprint density at radius 1 is 1.17 bits per heavy atom. The van der Waals surface area contributed by atoms with Crippen LogP contribution in [0.25, 0.3) is 5.57 Å². The molecule has 0 atom stereocenters. The highest BCUT2D eigenvalue weighted by atomic mass is 15.3. The van der Waals surface area contributed by atoms with E-state index in [9.17, 15) is 5.26 Å². The molecule has 122 valence electrons. The first-order valence-corrected chi connectivity index (χ1v) is 8.41. The Morgan fingerprint density at radius 2 is 1.92 bits per heavy atom. The van der Waals surface area contributed by atoms with E-state index in [1.807, 2.05) is 13.8 Å². The van der Waals surface area contributed by atoms with Gasteiger partial charge >= 0.3 is 0 Å². The molecule has 4 heteroatoms. The van der Waals surface area contributed by atoms with E-state index < -0.39 is 0 Å². The van der Waals surface area contributed by atoms with Crippen molar-refractivity contribution in [2.45, 2.75) is 33.6 Å². The highest BCUT2D eigenvalue weighted by Crippen LogP contribution is 2.27. The Balaban J connectivity index is 1.83. The number of anilines is 1. The number of aryl methyl sites for hydroxylation is 2. The molecule has 0 N–H and O–H groups in total. The van der Waals surface area contributed by atoms with E-state index in [2.05, 4.69) is 58.4 Å². The molecule has 0 saturated heterocycles. The predicted molar refractivity (Wildman–Crippen MR) is 96.8 cm³/mol. The summed E-state index contributed by atoms with van der Waals surface area (Å²) >= 11 is 0. The van der Waals surface area contributed by atoms with Gasteiger partial charge in [-0.1, -0.05) is 37.3 Å². The van der Waals surface area contributed by atoms with E-state index in [0.717, 1.165) is 37.2 Å². The largest absolute Gasteiger partial charge is 0.350 e. The van der Waals surface area contributed by atoms with Crippen LogP contribution in [0.3, 0.4) is 0 Å².